The summed E-state index contributed by atoms with van der Waals surface area (Å²) in [5.41, 5.74) is 4.53. The largest absolute Gasteiger partial charge is 0.365 e. The lowest BCUT2D eigenvalue weighted by Crippen LogP contribution is -2.06. The Labute approximate surface area is 106 Å². The Morgan fingerprint density at radius 2 is 2.17 bits per heavy atom. The normalized spacial score (nSPS) is 10.1. The van der Waals surface area contributed by atoms with Crippen molar-refractivity contribution in [3.8, 4) is 6.07 Å². The molecule has 2 rings (SSSR count). The minimum Gasteiger partial charge on any atom is -0.365 e. The van der Waals surface area contributed by atoms with Crippen LogP contribution < -0.4 is 5.32 Å². The maximum atomic E-state index is 9.15. The van der Waals surface area contributed by atoms with Gasteiger partial charge in [-0.05, 0) is 32.4 Å². The molecule has 0 aliphatic carbocycles. The second kappa shape index (κ2) is 4.88. The van der Waals surface area contributed by atoms with Gasteiger partial charge in [0.2, 0.25) is 0 Å². The second-order valence-electron chi connectivity index (χ2n) is 4.29. The van der Waals surface area contributed by atoms with Crippen molar-refractivity contribution in [3.05, 3.63) is 40.3 Å². The number of aromatic nitrogens is 3. The Morgan fingerprint density at radius 1 is 1.39 bits per heavy atom. The first-order chi connectivity index (χ1) is 8.61. The summed E-state index contributed by atoms with van der Waals surface area (Å²) in [5.74, 6) is 0.635. The van der Waals surface area contributed by atoms with E-state index in [0.717, 1.165) is 22.5 Å². The number of hydrogen-bond donors (Lipinski definition) is 2. The van der Waals surface area contributed by atoms with Gasteiger partial charge in [0.15, 0.2) is 0 Å². The number of H-pyrrole nitrogens is 1. The lowest BCUT2D eigenvalue weighted by atomic mass is 10.1. The van der Waals surface area contributed by atoms with E-state index < -0.39 is 0 Å². The zero-order valence-corrected chi connectivity index (χ0v) is 10.7. The van der Waals surface area contributed by atoms with Gasteiger partial charge in [-0.3, -0.25) is 5.10 Å². The van der Waals surface area contributed by atoms with Gasteiger partial charge in [0, 0.05) is 23.5 Å². The number of nitriles is 1. The summed E-state index contributed by atoms with van der Waals surface area (Å²) in [5, 5.41) is 19.2. The summed E-state index contributed by atoms with van der Waals surface area (Å²) in [6.07, 6.45) is 1.77. The lowest BCUT2D eigenvalue weighted by Gasteiger charge is -2.09. The highest BCUT2D eigenvalue weighted by atomic mass is 15.1. The van der Waals surface area contributed by atoms with Gasteiger partial charge >= 0.3 is 0 Å². The highest BCUT2D eigenvalue weighted by Crippen LogP contribution is 2.18. The molecule has 18 heavy (non-hydrogen) atoms. The Bertz CT molecular complexity index is 606. The van der Waals surface area contributed by atoms with Crippen molar-refractivity contribution in [2.45, 2.75) is 27.3 Å². The summed E-state index contributed by atoms with van der Waals surface area (Å²) in [6.45, 7) is 6.40. The van der Waals surface area contributed by atoms with Crippen molar-refractivity contribution in [2.24, 2.45) is 0 Å². The van der Waals surface area contributed by atoms with Crippen molar-refractivity contribution >= 4 is 5.82 Å². The molecule has 0 radical (unpaired) electrons. The van der Waals surface area contributed by atoms with Crippen LogP contribution in [0.25, 0.3) is 0 Å². The molecule has 5 nitrogen and oxygen atoms in total. The fourth-order valence-electron chi connectivity index (χ4n) is 1.84. The van der Waals surface area contributed by atoms with E-state index >= 15 is 0 Å². The van der Waals surface area contributed by atoms with Crippen LogP contribution in [0.4, 0.5) is 5.82 Å². The van der Waals surface area contributed by atoms with E-state index in [1.807, 2.05) is 26.8 Å². The van der Waals surface area contributed by atoms with Crippen molar-refractivity contribution < 1.29 is 0 Å². The first kappa shape index (κ1) is 12.1. The van der Waals surface area contributed by atoms with Crippen LogP contribution in [0.15, 0.2) is 12.3 Å². The summed E-state index contributed by atoms with van der Waals surface area (Å²) in [7, 11) is 0. The molecule has 0 spiro atoms. The van der Waals surface area contributed by atoms with E-state index in [-0.39, 0.29) is 0 Å². The fraction of sp³-hybridized carbons (Fsp3) is 0.308. The van der Waals surface area contributed by atoms with Gasteiger partial charge in [0.1, 0.15) is 11.9 Å². The molecule has 0 amide bonds. The fourth-order valence-corrected chi connectivity index (χ4v) is 1.84. The van der Waals surface area contributed by atoms with Gasteiger partial charge in [-0.1, -0.05) is 0 Å². The second-order valence-corrected chi connectivity index (χ2v) is 4.29. The predicted octanol–water partition coefficient (Wildman–Crippen LogP) is 2.21. The third-order valence-electron chi connectivity index (χ3n) is 2.84. The quantitative estimate of drug-likeness (QED) is 0.863. The maximum Gasteiger partial charge on any atom is 0.144 e. The highest BCUT2D eigenvalue weighted by Gasteiger charge is 2.09. The molecule has 0 fully saturated rings. The smallest absolute Gasteiger partial charge is 0.144 e. The first-order valence-electron chi connectivity index (χ1n) is 5.73. The van der Waals surface area contributed by atoms with Crippen LogP contribution in [0, 0.1) is 32.1 Å². The SMILES string of the molecule is Cc1cc(C)c(C#N)c(NCc2cn[nH]c2C)n1. The van der Waals surface area contributed by atoms with E-state index in [1.54, 1.807) is 6.20 Å². The standard InChI is InChI=1S/C13H15N5/c1-8-4-9(2)17-13(12(8)5-14)15-6-11-7-16-18-10(11)3/h4,7H,6H2,1-3H3,(H,15,17)(H,16,18). The van der Waals surface area contributed by atoms with Crippen LogP contribution in [-0.2, 0) is 6.54 Å². The van der Waals surface area contributed by atoms with Crippen LogP contribution in [-0.4, -0.2) is 15.2 Å². The number of hydrogen-bond acceptors (Lipinski definition) is 4. The Balaban J connectivity index is 2.24. The molecule has 0 aliphatic heterocycles. The van der Waals surface area contributed by atoms with E-state index in [0.29, 0.717) is 17.9 Å². The van der Waals surface area contributed by atoms with Gasteiger partial charge in [-0.2, -0.15) is 10.4 Å². The monoisotopic (exact) mass is 241 g/mol. The van der Waals surface area contributed by atoms with E-state index in [4.69, 9.17) is 5.26 Å². The molecule has 2 heterocycles. The Kier molecular flexibility index (Phi) is 3.28. The molecule has 0 unspecified atom stereocenters. The zero-order valence-electron chi connectivity index (χ0n) is 10.7. The maximum absolute atomic E-state index is 9.15. The van der Waals surface area contributed by atoms with E-state index in [1.165, 1.54) is 0 Å². The molecular formula is C13H15N5. The molecule has 2 aromatic rings. The summed E-state index contributed by atoms with van der Waals surface area (Å²) < 4.78 is 0. The minimum atomic E-state index is 0.599. The highest BCUT2D eigenvalue weighted by molar-refractivity contribution is 5.56. The molecule has 2 N–H and O–H groups in total. The molecule has 0 saturated heterocycles. The number of anilines is 1. The van der Waals surface area contributed by atoms with Crippen LogP contribution in [0.3, 0.4) is 0 Å². The molecule has 2 aromatic heterocycles. The molecule has 92 valence electrons. The number of aromatic amines is 1. The van der Waals surface area contributed by atoms with Gasteiger partial charge in [-0.25, -0.2) is 4.98 Å². The molecule has 0 aliphatic rings. The number of rotatable bonds is 3. The average molecular weight is 241 g/mol. The van der Waals surface area contributed by atoms with Crippen LogP contribution in [0.2, 0.25) is 0 Å². The summed E-state index contributed by atoms with van der Waals surface area (Å²) in [6, 6.07) is 4.10. The van der Waals surface area contributed by atoms with Crippen molar-refractivity contribution in [1.82, 2.24) is 15.2 Å². The topological polar surface area (TPSA) is 77.4 Å². The summed E-state index contributed by atoms with van der Waals surface area (Å²) >= 11 is 0. The van der Waals surface area contributed by atoms with E-state index in [2.05, 4.69) is 26.6 Å². The van der Waals surface area contributed by atoms with Gasteiger partial charge in [0.25, 0.3) is 0 Å². The number of nitrogens with one attached hydrogen (secondary N) is 2. The molecule has 0 saturated carbocycles. The number of aryl methyl sites for hydroxylation is 3. The van der Waals surface area contributed by atoms with Crippen LogP contribution >= 0.6 is 0 Å². The average Bonchev–Trinajstić information content (AvgIpc) is 2.71. The Morgan fingerprint density at radius 3 is 2.78 bits per heavy atom. The van der Waals surface area contributed by atoms with Crippen LogP contribution in [0.1, 0.15) is 28.1 Å². The first-order valence-corrected chi connectivity index (χ1v) is 5.73. The molecule has 0 aromatic carbocycles. The molecular weight excluding hydrogens is 226 g/mol. The number of pyridine rings is 1. The van der Waals surface area contributed by atoms with Gasteiger partial charge in [0.05, 0.1) is 11.8 Å². The number of nitrogens with zero attached hydrogens (tertiary/aromatic N) is 3. The Hall–Kier alpha value is -2.35. The zero-order chi connectivity index (χ0) is 13.1. The third-order valence-corrected chi connectivity index (χ3v) is 2.84. The van der Waals surface area contributed by atoms with Crippen LogP contribution in [0.5, 0.6) is 0 Å². The predicted molar refractivity (Wildman–Crippen MR) is 69.1 cm³/mol. The lowest BCUT2D eigenvalue weighted by molar-refractivity contribution is 1.03. The van der Waals surface area contributed by atoms with E-state index in [9.17, 15) is 0 Å². The van der Waals surface area contributed by atoms with Crippen molar-refractivity contribution in [1.29, 1.82) is 5.26 Å². The van der Waals surface area contributed by atoms with Crippen molar-refractivity contribution in [2.75, 3.05) is 5.32 Å². The molecule has 0 atom stereocenters. The third kappa shape index (κ3) is 2.33. The summed E-state index contributed by atoms with van der Waals surface area (Å²) in [4.78, 5) is 4.37. The van der Waals surface area contributed by atoms with Gasteiger partial charge in [-0.15, -0.1) is 0 Å². The van der Waals surface area contributed by atoms with Crippen molar-refractivity contribution in [3.63, 3.8) is 0 Å². The molecule has 0 bridgehead atoms. The van der Waals surface area contributed by atoms with Gasteiger partial charge < -0.3 is 5.32 Å². The minimum absolute atomic E-state index is 0.599. The molecule has 5 heteroatoms.